The summed E-state index contributed by atoms with van der Waals surface area (Å²) in [6, 6.07) is -1.19. The highest BCUT2D eigenvalue weighted by molar-refractivity contribution is 6.00. The average Bonchev–Trinajstić information content (AvgIpc) is 3.75. The molecule has 16 heteroatoms. The van der Waals surface area contributed by atoms with Crippen LogP contribution in [0.15, 0.2) is 25.3 Å². The van der Waals surface area contributed by atoms with Crippen LogP contribution in [0.25, 0.3) is 11.2 Å². The lowest BCUT2D eigenvalue weighted by atomic mass is 9.72. The summed E-state index contributed by atoms with van der Waals surface area (Å²) in [6.45, 7) is 18.9. The van der Waals surface area contributed by atoms with Gasteiger partial charge in [0, 0.05) is 44.0 Å². The van der Waals surface area contributed by atoms with Crippen molar-refractivity contribution in [1.82, 2.24) is 29.3 Å². The number of hydrogen-bond acceptors (Lipinski definition) is 14. The third-order valence-electron chi connectivity index (χ3n) is 12.8. The number of nitrogens with zero attached hydrogens (tertiary/aromatic N) is 6. The quantitative estimate of drug-likeness (QED) is 0.147. The van der Waals surface area contributed by atoms with Gasteiger partial charge in [0.2, 0.25) is 0 Å². The van der Waals surface area contributed by atoms with Crippen molar-refractivity contribution in [3.63, 3.8) is 0 Å². The number of esters is 1. The van der Waals surface area contributed by atoms with E-state index in [4.69, 9.17) is 23.7 Å². The van der Waals surface area contributed by atoms with Gasteiger partial charge in [-0.1, -0.05) is 34.3 Å². The molecule has 3 fully saturated rings. The minimum Gasteiger partial charge on any atom is -0.457 e. The number of aliphatic hydroxyl groups excluding tert-OH is 1. The molecule has 3 aliphatic rings. The second-order valence-electron chi connectivity index (χ2n) is 17.0. The molecule has 0 unspecified atom stereocenters. The Bertz CT molecular complexity index is 1820. The van der Waals surface area contributed by atoms with Crippen LogP contribution in [-0.4, -0.2) is 140 Å². The zero-order valence-electron chi connectivity index (χ0n) is 36.0. The summed E-state index contributed by atoms with van der Waals surface area (Å²) < 4.78 is 33.2. The number of amides is 1. The molecule has 0 aromatic carbocycles. The Hall–Kier alpha value is -3.83. The number of aromatic nitrogens is 4. The van der Waals surface area contributed by atoms with Gasteiger partial charge in [-0.3, -0.25) is 19.3 Å². The number of fused-ring (bicyclic) bond motifs is 2. The molecule has 58 heavy (non-hydrogen) atoms. The summed E-state index contributed by atoms with van der Waals surface area (Å²) in [4.78, 5) is 73.7. The molecule has 3 aliphatic heterocycles. The Morgan fingerprint density at radius 2 is 1.72 bits per heavy atom. The SMILES string of the molecule is C=C[C@]12OC(=O)N(CCCCn3cnc4c(C)ncnc43)[C@@H]1[C@@H](C)C(=O)[C@H](C)C[C@@](C)(OC)[C@H](O[C@@H]1O[C@H](C)C[C@H](N(C)C)[C@H]1O)[C@@H](C)C(=O)[C@@H](C)C(=O)O[C@@H]2CC. The van der Waals surface area contributed by atoms with Gasteiger partial charge in [0.25, 0.3) is 0 Å². The van der Waals surface area contributed by atoms with Crippen LogP contribution < -0.4 is 0 Å². The molecule has 1 N–H and O–H groups in total. The standard InChI is InChI=1S/C42H64N6O10/c1-13-30-42(14-2)35(48(40(53)58-42)18-16-15-17-47-22-45-31-28(8)43-21-44-37(31)47)25(5)32(49)23(3)20-41(9,54-12)36(26(6)33(50)27(7)38(52)56-30)57-39-34(51)29(46(10)11)19-24(4)55-39/h14,21-27,29-30,34-36,39,51H,2,13,15-20H2,1,3-12H3/t23-,24-,25+,26+,27-,29+,30-,34-,35-,36-,39+,41-,42-/m1/s1. The number of Topliss-reactive ketones (excluding diaryl/α,β-unsaturated/α-hetero) is 2. The Kier molecular flexibility index (Phi) is 14.2. The number of aryl methyl sites for hydroxylation is 2. The Balaban J connectivity index is 1.49. The molecule has 322 valence electrons. The number of ketones is 2. The van der Waals surface area contributed by atoms with E-state index < -0.39 is 83.4 Å². The van der Waals surface area contributed by atoms with E-state index in [1.54, 1.807) is 45.8 Å². The number of likely N-dealkylation sites (N-methyl/N-ethyl adjacent to an activating group) is 1. The van der Waals surface area contributed by atoms with Gasteiger partial charge < -0.3 is 38.3 Å². The summed E-state index contributed by atoms with van der Waals surface area (Å²) in [7, 11) is 5.22. The van der Waals surface area contributed by atoms with Crippen molar-refractivity contribution in [2.75, 3.05) is 27.7 Å². The summed E-state index contributed by atoms with van der Waals surface area (Å²) in [6.07, 6.45) is 1.50. The van der Waals surface area contributed by atoms with E-state index in [-0.39, 0.29) is 37.3 Å². The smallest absolute Gasteiger partial charge is 0.411 e. The van der Waals surface area contributed by atoms with Crippen molar-refractivity contribution in [3.8, 4) is 0 Å². The first-order chi connectivity index (χ1) is 27.3. The Labute approximate surface area is 342 Å². The lowest BCUT2D eigenvalue weighted by Gasteiger charge is -2.47. The average molecular weight is 813 g/mol. The van der Waals surface area contributed by atoms with E-state index in [0.717, 1.165) is 16.9 Å². The highest BCUT2D eigenvalue weighted by Gasteiger charge is 2.61. The maximum atomic E-state index is 14.8. The number of rotatable bonds is 11. The van der Waals surface area contributed by atoms with E-state index in [1.807, 2.05) is 37.4 Å². The van der Waals surface area contributed by atoms with E-state index in [9.17, 15) is 24.3 Å². The van der Waals surface area contributed by atoms with Crippen LogP contribution in [0.1, 0.15) is 86.3 Å². The van der Waals surface area contributed by atoms with Gasteiger partial charge >= 0.3 is 12.1 Å². The molecule has 3 saturated heterocycles. The lowest BCUT2D eigenvalue weighted by molar-refractivity contribution is -0.295. The van der Waals surface area contributed by atoms with E-state index in [2.05, 4.69) is 21.5 Å². The Morgan fingerprint density at radius 1 is 1.03 bits per heavy atom. The van der Waals surface area contributed by atoms with Crippen molar-refractivity contribution in [2.24, 2.45) is 23.7 Å². The Morgan fingerprint density at radius 3 is 2.36 bits per heavy atom. The highest BCUT2D eigenvalue weighted by Crippen LogP contribution is 2.44. The fraction of sp³-hybridized carbons (Fsp3) is 0.738. The van der Waals surface area contributed by atoms with Crippen molar-refractivity contribution in [1.29, 1.82) is 0 Å². The minimum atomic E-state index is -1.60. The van der Waals surface area contributed by atoms with Crippen molar-refractivity contribution >= 4 is 34.8 Å². The van der Waals surface area contributed by atoms with E-state index in [1.165, 1.54) is 26.4 Å². The third-order valence-corrected chi connectivity index (χ3v) is 12.8. The molecule has 5 rings (SSSR count). The number of carbonyl (C=O) groups excluding carboxylic acids is 4. The van der Waals surface area contributed by atoms with Gasteiger partial charge in [0.15, 0.2) is 23.3 Å². The van der Waals surface area contributed by atoms with E-state index in [0.29, 0.717) is 25.8 Å². The van der Waals surface area contributed by atoms with Crippen LogP contribution in [0.3, 0.4) is 0 Å². The molecule has 2 aromatic rings. The number of ether oxygens (including phenoxy) is 5. The predicted octanol–water partition coefficient (Wildman–Crippen LogP) is 4.28. The monoisotopic (exact) mass is 812 g/mol. The molecule has 2 aromatic heterocycles. The molecule has 0 bridgehead atoms. The maximum absolute atomic E-state index is 14.8. The molecule has 0 radical (unpaired) electrons. The predicted molar refractivity (Wildman–Crippen MR) is 213 cm³/mol. The molecule has 16 nitrogen and oxygen atoms in total. The number of methoxy groups -OCH3 is 1. The fourth-order valence-electron chi connectivity index (χ4n) is 9.41. The molecule has 13 atom stereocenters. The summed E-state index contributed by atoms with van der Waals surface area (Å²) >= 11 is 0. The second-order valence-corrected chi connectivity index (χ2v) is 17.0. The number of unbranched alkanes of at least 4 members (excludes halogenated alkanes) is 1. The number of hydrogen-bond donors (Lipinski definition) is 1. The second kappa shape index (κ2) is 18.2. The summed E-state index contributed by atoms with van der Waals surface area (Å²) in [5.74, 6) is -5.23. The van der Waals surface area contributed by atoms with Crippen molar-refractivity contribution in [2.45, 2.75) is 148 Å². The zero-order valence-corrected chi connectivity index (χ0v) is 36.0. The van der Waals surface area contributed by atoms with Crippen LogP contribution in [0.2, 0.25) is 0 Å². The van der Waals surface area contributed by atoms with Crippen LogP contribution in [0, 0.1) is 30.6 Å². The molecular formula is C42H64N6O10. The largest absolute Gasteiger partial charge is 0.457 e. The first-order valence-electron chi connectivity index (χ1n) is 20.6. The van der Waals surface area contributed by atoms with Crippen LogP contribution >= 0.6 is 0 Å². The van der Waals surface area contributed by atoms with Gasteiger partial charge in [-0.2, -0.15) is 0 Å². The van der Waals surface area contributed by atoms with Crippen LogP contribution in [-0.2, 0) is 44.6 Å². The molecule has 0 spiro atoms. The number of carbonyl (C=O) groups is 4. The fourth-order valence-corrected chi connectivity index (χ4v) is 9.41. The molecule has 5 heterocycles. The minimum absolute atomic E-state index is 0.102. The van der Waals surface area contributed by atoms with E-state index >= 15 is 0 Å². The molecule has 0 saturated carbocycles. The van der Waals surface area contributed by atoms with Crippen molar-refractivity contribution in [3.05, 3.63) is 31.0 Å². The van der Waals surface area contributed by atoms with Gasteiger partial charge in [-0.15, -0.1) is 0 Å². The lowest BCUT2D eigenvalue weighted by Crippen LogP contribution is -2.60. The van der Waals surface area contributed by atoms with Gasteiger partial charge in [0.05, 0.1) is 35.9 Å². The summed E-state index contributed by atoms with van der Waals surface area (Å²) in [5, 5.41) is 11.5. The first kappa shape index (κ1) is 45.3. The zero-order chi connectivity index (χ0) is 42.9. The first-order valence-corrected chi connectivity index (χ1v) is 20.6. The number of aliphatic hydroxyl groups is 1. The third kappa shape index (κ3) is 8.58. The molecule has 0 aliphatic carbocycles. The normalized spacial score (nSPS) is 36.8. The molecular weight excluding hydrogens is 748 g/mol. The number of cyclic esters (lactones) is 1. The maximum Gasteiger partial charge on any atom is 0.411 e. The highest BCUT2D eigenvalue weighted by atomic mass is 16.7. The number of imidazole rings is 1. The molecule has 1 amide bonds. The van der Waals surface area contributed by atoms with Crippen molar-refractivity contribution < 1.29 is 48.0 Å². The van der Waals surface area contributed by atoms with Gasteiger partial charge in [-0.05, 0) is 80.0 Å². The summed E-state index contributed by atoms with van der Waals surface area (Å²) in [5.41, 5.74) is -0.668. The topological polar surface area (TPSA) is 185 Å². The van der Waals surface area contributed by atoms with Gasteiger partial charge in [-0.25, -0.2) is 19.7 Å². The van der Waals surface area contributed by atoms with Gasteiger partial charge in [0.1, 0.15) is 35.8 Å². The van der Waals surface area contributed by atoms with Crippen LogP contribution in [0.4, 0.5) is 4.79 Å². The van der Waals surface area contributed by atoms with Crippen LogP contribution in [0.5, 0.6) is 0 Å².